The molecule has 0 aliphatic carbocycles. The Morgan fingerprint density at radius 2 is 2.42 bits per heavy atom. The number of carboxylic acid groups (broad SMARTS) is 1. The Bertz CT molecular complexity index is 437. The summed E-state index contributed by atoms with van der Waals surface area (Å²) in [6.45, 7) is 1.98. The Hall–Kier alpha value is -1.54. The third-order valence-electron chi connectivity index (χ3n) is 3.09. The summed E-state index contributed by atoms with van der Waals surface area (Å²) in [6.07, 6.45) is 3.44. The second-order valence-electron chi connectivity index (χ2n) is 4.57. The van der Waals surface area contributed by atoms with Crippen molar-refractivity contribution in [1.82, 2.24) is 19.8 Å². The molecule has 1 aromatic rings. The summed E-state index contributed by atoms with van der Waals surface area (Å²) in [6, 6.07) is 0. The van der Waals surface area contributed by atoms with Crippen molar-refractivity contribution in [2.75, 3.05) is 26.2 Å². The van der Waals surface area contributed by atoms with E-state index in [2.05, 4.69) is 14.9 Å². The summed E-state index contributed by atoms with van der Waals surface area (Å²) in [5, 5.41) is 15.1. The molecule has 0 spiro atoms. The summed E-state index contributed by atoms with van der Waals surface area (Å²) < 4.78 is 3.69. The summed E-state index contributed by atoms with van der Waals surface area (Å²) in [7, 11) is 0. The van der Waals surface area contributed by atoms with Crippen LogP contribution in [0.1, 0.15) is 22.5 Å². The van der Waals surface area contributed by atoms with Gasteiger partial charge in [-0.05, 0) is 30.3 Å². The lowest BCUT2D eigenvalue weighted by Crippen LogP contribution is -2.43. The maximum Gasteiger partial charge on any atom is 0.317 e. The topological polar surface area (TPSA) is 95.4 Å². The molecule has 1 aliphatic rings. The van der Waals surface area contributed by atoms with Crippen LogP contribution in [0, 0.1) is 5.92 Å². The van der Waals surface area contributed by atoms with Crippen molar-refractivity contribution < 1.29 is 14.7 Å². The van der Waals surface area contributed by atoms with Gasteiger partial charge >= 0.3 is 5.97 Å². The average Bonchev–Trinajstić information content (AvgIpc) is 2.91. The van der Waals surface area contributed by atoms with Gasteiger partial charge in [0, 0.05) is 19.6 Å². The number of nitrogens with zero attached hydrogens (tertiary/aromatic N) is 3. The number of aromatic nitrogens is 2. The van der Waals surface area contributed by atoms with E-state index in [1.165, 1.54) is 6.20 Å². The van der Waals surface area contributed by atoms with Crippen LogP contribution in [-0.2, 0) is 4.79 Å². The highest BCUT2D eigenvalue weighted by molar-refractivity contribution is 7.07. The van der Waals surface area contributed by atoms with Gasteiger partial charge in [-0.15, -0.1) is 5.10 Å². The van der Waals surface area contributed by atoms with Crippen molar-refractivity contribution in [1.29, 1.82) is 0 Å². The molecule has 0 saturated carbocycles. The minimum Gasteiger partial charge on any atom is -0.480 e. The lowest BCUT2D eigenvalue weighted by molar-refractivity contribution is -0.136. The molecular formula is C11H16N4O3S. The molecule has 1 atom stereocenters. The van der Waals surface area contributed by atoms with E-state index in [1.54, 1.807) is 4.90 Å². The van der Waals surface area contributed by atoms with Crippen molar-refractivity contribution in [3.8, 4) is 0 Å². The van der Waals surface area contributed by atoms with Gasteiger partial charge in [-0.2, -0.15) is 0 Å². The molecule has 2 heterocycles. The summed E-state index contributed by atoms with van der Waals surface area (Å²) in [5.41, 5.74) is 0. The van der Waals surface area contributed by atoms with Gasteiger partial charge in [-0.25, -0.2) is 0 Å². The van der Waals surface area contributed by atoms with Crippen molar-refractivity contribution in [2.45, 2.75) is 12.8 Å². The highest BCUT2D eigenvalue weighted by atomic mass is 32.1. The van der Waals surface area contributed by atoms with E-state index in [9.17, 15) is 9.59 Å². The van der Waals surface area contributed by atoms with Crippen LogP contribution in [0.15, 0.2) is 6.20 Å². The molecule has 0 bridgehead atoms. The molecule has 1 unspecified atom stereocenters. The van der Waals surface area contributed by atoms with Gasteiger partial charge in [0.25, 0.3) is 5.91 Å². The van der Waals surface area contributed by atoms with E-state index in [4.69, 9.17) is 5.11 Å². The van der Waals surface area contributed by atoms with Gasteiger partial charge in [0.2, 0.25) is 0 Å². The summed E-state index contributed by atoms with van der Waals surface area (Å²) >= 11 is 1.10. The molecule has 8 heteroatoms. The van der Waals surface area contributed by atoms with Crippen LogP contribution in [0.5, 0.6) is 0 Å². The van der Waals surface area contributed by atoms with Crippen LogP contribution in [0.4, 0.5) is 0 Å². The van der Waals surface area contributed by atoms with Crippen molar-refractivity contribution >= 4 is 23.4 Å². The monoisotopic (exact) mass is 284 g/mol. The SMILES string of the molecule is O=C(O)CNCC1CCCN(C(=O)c2cnns2)C1. The van der Waals surface area contributed by atoms with Gasteiger partial charge in [0.15, 0.2) is 0 Å². The molecular weight excluding hydrogens is 268 g/mol. The quantitative estimate of drug-likeness (QED) is 0.794. The number of carbonyl (C=O) groups is 2. The molecule has 1 aliphatic heterocycles. The van der Waals surface area contributed by atoms with E-state index in [-0.39, 0.29) is 12.5 Å². The Balaban J connectivity index is 1.83. The van der Waals surface area contributed by atoms with Crippen LogP contribution in [0.2, 0.25) is 0 Å². The Morgan fingerprint density at radius 3 is 3.11 bits per heavy atom. The zero-order chi connectivity index (χ0) is 13.7. The third-order valence-corrected chi connectivity index (χ3v) is 3.74. The van der Waals surface area contributed by atoms with Crippen molar-refractivity contribution in [3.63, 3.8) is 0 Å². The van der Waals surface area contributed by atoms with Gasteiger partial charge in [-0.1, -0.05) is 4.49 Å². The number of carboxylic acids is 1. The fourth-order valence-corrected chi connectivity index (χ4v) is 2.70. The van der Waals surface area contributed by atoms with Crippen LogP contribution in [0.3, 0.4) is 0 Å². The molecule has 1 fully saturated rings. The van der Waals surface area contributed by atoms with E-state index in [1.807, 2.05) is 0 Å². The molecule has 1 amide bonds. The average molecular weight is 284 g/mol. The number of hydrogen-bond acceptors (Lipinski definition) is 6. The lowest BCUT2D eigenvalue weighted by atomic mass is 9.98. The number of hydrogen-bond donors (Lipinski definition) is 2. The van der Waals surface area contributed by atoms with Gasteiger partial charge < -0.3 is 15.3 Å². The number of aliphatic carboxylic acids is 1. The number of likely N-dealkylation sites (tertiary alicyclic amines) is 1. The molecule has 1 saturated heterocycles. The Labute approximate surface area is 114 Å². The van der Waals surface area contributed by atoms with E-state index in [0.29, 0.717) is 23.9 Å². The minimum atomic E-state index is -0.862. The first-order valence-electron chi connectivity index (χ1n) is 6.16. The van der Waals surface area contributed by atoms with Crippen LogP contribution >= 0.6 is 11.5 Å². The summed E-state index contributed by atoms with van der Waals surface area (Å²) in [4.78, 5) is 24.9. The zero-order valence-electron chi connectivity index (χ0n) is 10.4. The largest absolute Gasteiger partial charge is 0.480 e. The summed E-state index contributed by atoms with van der Waals surface area (Å²) in [5.74, 6) is -0.588. The molecule has 2 N–H and O–H groups in total. The highest BCUT2D eigenvalue weighted by Gasteiger charge is 2.25. The molecule has 1 aromatic heterocycles. The van der Waals surface area contributed by atoms with E-state index >= 15 is 0 Å². The number of piperidine rings is 1. The molecule has 0 radical (unpaired) electrons. The first-order chi connectivity index (χ1) is 9.16. The molecule has 2 rings (SSSR count). The molecule has 0 aromatic carbocycles. The number of amides is 1. The first-order valence-corrected chi connectivity index (χ1v) is 6.93. The van der Waals surface area contributed by atoms with Crippen LogP contribution in [0.25, 0.3) is 0 Å². The smallest absolute Gasteiger partial charge is 0.317 e. The maximum absolute atomic E-state index is 12.1. The van der Waals surface area contributed by atoms with Crippen LogP contribution in [-0.4, -0.2) is 57.6 Å². The van der Waals surface area contributed by atoms with Crippen molar-refractivity contribution in [2.24, 2.45) is 5.92 Å². The zero-order valence-corrected chi connectivity index (χ0v) is 11.2. The van der Waals surface area contributed by atoms with Crippen molar-refractivity contribution in [3.05, 3.63) is 11.1 Å². The minimum absolute atomic E-state index is 0.0297. The third kappa shape index (κ3) is 3.97. The van der Waals surface area contributed by atoms with Gasteiger partial charge in [0.05, 0.1) is 12.7 Å². The Morgan fingerprint density at radius 1 is 1.58 bits per heavy atom. The second kappa shape index (κ2) is 6.58. The highest BCUT2D eigenvalue weighted by Crippen LogP contribution is 2.18. The van der Waals surface area contributed by atoms with E-state index < -0.39 is 5.97 Å². The standard InChI is InChI=1S/C11H16N4O3S/c16-10(17)6-12-4-8-2-1-3-15(7-8)11(18)9-5-13-14-19-9/h5,8,12H,1-4,6-7H2,(H,16,17). The van der Waals surface area contributed by atoms with Crippen LogP contribution < -0.4 is 5.32 Å². The van der Waals surface area contributed by atoms with Gasteiger partial charge in [-0.3, -0.25) is 9.59 Å². The molecule has 104 valence electrons. The fraction of sp³-hybridized carbons (Fsp3) is 0.636. The number of rotatable bonds is 5. The second-order valence-corrected chi connectivity index (χ2v) is 5.35. The van der Waals surface area contributed by atoms with Gasteiger partial charge in [0.1, 0.15) is 4.88 Å². The van der Waals surface area contributed by atoms with E-state index in [0.717, 1.165) is 30.9 Å². The predicted molar refractivity (Wildman–Crippen MR) is 69.0 cm³/mol. The first kappa shape index (κ1) is 13.9. The maximum atomic E-state index is 12.1. The normalized spacial score (nSPS) is 19.4. The lowest BCUT2D eigenvalue weighted by Gasteiger charge is -2.32. The fourth-order valence-electron chi connectivity index (χ4n) is 2.22. The molecule has 7 nitrogen and oxygen atoms in total. The number of nitrogens with one attached hydrogen (secondary N) is 1. The predicted octanol–water partition coefficient (Wildman–Crippen LogP) is 0.0645. The Kier molecular flexibility index (Phi) is 4.80. The molecule has 19 heavy (non-hydrogen) atoms. The number of carbonyl (C=O) groups excluding carboxylic acids is 1.